The molecule has 0 unspecified atom stereocenters. The van der Waals surface area contributed by atoms with E-state index in [1.54, 1.807) is 41.0 Å². The molecule has 0 atom stereocenters. The van der Waals surface area contributed by atoms with E-state index in [2.05, 4.69) is 20.9 Å². The van der Waals surface area contributed by atoms with Gasteiger partial charge in [-0.15, -0.1) is 0 Å². The van der Waals surface area contributed by atoms with E-state index in [0.717, 1.165) is 17.3 Å². The fraction of sp³-hybridized carbons (Fsp3) is 0.217. The zero-order valence-corrected chi connectivity index (χ0v) is 19.9. The summed E-state index contributed by atoms with van der Waals surface area (Å²) >= 11 is 7.03. The van der Waals surface area contributed by atoms with Gasteiger partial charge in [-0.2, -0.15) is 0 Å². The minimum Gasteiger partial charge on any atom is -0.390 e. The summed E-state index contributed by atoms with van der Waals surface area (Å²) in [6.07, 6.45) is 1.48. The Bertz CT molecular complexity index is 1150. The summed E-state index contributed by atoms with van der Waals surface area (Å²) in [5.74, 6) is -0.635. The molecule has 4 N–H and O–H groups in total. The van der Waals surface area contributed by atoms with E-state index in [-0.39, 0.29) is 36.6 Å². The predicted molar refractivity (Wildman–Crippen MR) is 132 cm³/mol. The van der Waals surface area contributed by atoms with Crippen LogP contribution >= 0.6 is 23.4 Å². The highest BCUT2D eigenvalue weighted by Crippen LogP contribution is 2.20. The van der Waals surface area contributed by atoms with Gasteiger partial charge in [-0.25, -0.2) is 4.98 Å². The molecule has 3 aromatic rings. The van der Waals surface area contributed by atoms with E-state index in [9.17, 15) is 19.5 Å². The van der Waals surface area contributed by atoms with Crippen LogP contribution in [0.25, 0.3) is 0 Å². The van der Waals surface area contributed by atoms with Crippen molar-refractivity contribution in [2.24, 2.45) is 0 Å². The van der Waals surface area contributed by atoms with Crippen LogP contribution in [0.4, 0.5) is 11.4 Å². The van der Waals surface area contributed by atoms with E-state index >= 15 is 0 Å². The number of aromatic nitrogens is 2. The van der Waals surface area contributed by atoms with Gasteiger partial charge in [0, 0.05) is 29.9 Å². The van der Waals surface area contributed by atoms with Gasteiger partial charge in [0.05, 0.1) is 24.3 Å². The smallest absolute Gasteiger partial charge is 0.240 e. The largest absolute Gasteiger partial charge is 0.390 e. The summed E-state index contributed by atoms with van der Waals surface area (Å²) in [5.41, 5.74) is 2.59. The Balaban J connectivity index is 1.54. The SMILES string of the molecule is CC(=O)Nc1ccc(NC(=O)CSc2ncc(CO)n2CC(=O)NCc2ccc(Cl)cc2)cc1. The molecule has 0 saturated carbocycles. The van der Waals surface area contributed by atoms with Gasteiger partial charge in [0.25, 0.3) is 0 Å². The predicted octanol–water partition coefficient (Wildman–Crippen LogP) is 3.03. The number of nitrogens with zero attached hydrogens (tertiary/aromatic N) is 2. The summed E-state index contributed by atoms with van der Waals surface area (Å²) in [7, 11) is 0. The lowest BCUT2D eigenvalue weighted by Crippen LogP contribution is -2.28. The lowest BCUT2D eigenvalue weighted by Gasteiger charge is -2.11. The number of thioether (sulfide) groups is 1. The first kappa shape index (κ1) is 25.3. The third kappa shape index (κ3) is 7.62. The maximum Gasteiger partial charge on any atom is 0.240 e. The number of amides is 3. The number of halogens is 1. The molecule has 0 aliphatic rings. The zero-order valence-electron chi connectivity index (χ0n) is 18.4. The number of aliphatic hydroxyl groups excluding tert-OH is 1. The number of hydrogen-bond acceptors (Lipinski definition) is 6. The molecule has 0 saturated heterocycles. The second-order valence-corrected chi connectivity index (χ2v) is 8.65. The first-order valence-corrected chi connectivity index (χ1v) is 11.7. The lowest BCUT2D eigenvalue weighted by atomic mass is 10.2. The Morgan fingerprint density at radius 1 is 1.00 bits per heavy atom. The number of rotatable bonds is 10. The highest BCUT2D eigenvalue weighted by molar-refractivity contribution is 7.99. The van der Waals surface area contributed by atoms with Crippen LogP contribution in [0.15, 0.2) is 59.9 Å². The van der Waals surface area contributed by atoms with Gasteiger partial charge in [0.15, 0.2) is 5.16 Å². The van der Waals surface area contributed by atoms with Crippen molar-refractivity contribution in [3.63, 3.8) is 0 Å². The molecule has 178 valence electrons. The molecular weight excluding hydrogens is 478 g/mol. The standard InChI is InChI=1S/C23H24ClN5O4S/c1-15(31)27-18-6-8-19(9-7-18)28-22(33)14-34-23-26-11-20(13-30)29(23)12-21(32)25-10-16-2-4-17(24)5-3-16/h2-9,11,30H,10,12-14H2,1H3,(H,25,32)(H,27,31)(H,28,33). The number of imidazole rings is 1. The van der Waals surface area contributed by atoms with Gasteiger partial charge in [-0.3, -0.25) is 14.4 Å². The molecule has 0 spiro atoms. The maximum absolute atomic E-state index is 12.5. The number of carbonyl (C=O) groups is 3. The Morgan fingerprint density at radius 2 is 1.65 bits per heavy atom. The topological polar surface area (TPSA) is 125 Å². The quantitative estimate of drug-likeness (QED) is 0.316. The first-order chi connectivity index (χ1) is 16.3. The van der Waals surface area contributed by atoms with Gasteiger partial charge in [0.2, 0.25) is 17.7 Å². The molecule has 0 aliphatic heterocycles. The Hall–Kier alpha value is -3.34. The number of anilines is 2. The van der Waals surface area contributed by atoms with Crippen LogP contribution in [0.5, 0.6) is 0 Å². The second kappa shape index (κ2) is 12.2. The molecule has 2 aromatic carbocycles. The molecule has 11 heteroatoms. The molecule has 9 nitrogen and oxygen atoms in total. The van der Waals surface area contributed by atoms with Gasteiger partial charge >= 0.3 is 0 Å². The van der Waals surface area contributed by atoms with Gasteiger partial charge < -0.3 is 25.6 Å². The van der Waals surface area contributed by atoms with Crippen LogP contribution < -0.4 is 16.0 Å². The maximum atomic E-state index is 12.5. The van der Waals surface area contributed by atoms with Crippen molar-refractivity contribution in [1.29, 1.82) is 0 Å². The highest BCUT2D eigenvalue weighted by Gasteiger charge is 2.15. The van der Waals surface area contributed by atoms with Gasteiger partial charge in [-0.05, 0) is 42.0 Å². The average Bonchev–Trinajstić information content (AvgIpc) is 3.19. The molecule has 0 aliphatic carbocycles. The van der Waals surface area contributed by atoms with E-state index in [1.165, 1.54) is 13.1 Å². The van der Waals surface area contributed by atoms with Crippen molar-refractivity contribution in [3.8, 4) is 0 Å². The van der Waals surface area contributed by atoms with Crippen LogP contribution in [-0.4, -0.2) is 38.1 Å². The molecule has 3 rings (SSSR count). The van der Waals surface area contributed by atoms with Crippen LogP contribution in [0.2, 0.25) is 5.02 Å². The van der Waals surface area contributed by atoms with Crippen molar-refractivity contribution in [1.82, 2.24) is 14.9 Å². The van der Waals surface area contributed by atoms with E-state index in [1.807, 2.05) is 12.1 Å². The fourth-order valence-corrected chi connectivity index (χ4v) is 3.90. The number of nitrogens with one attached hydrogen (secondary N) is 3. The first-order valence-electron chi connectivity index (χ1n) is 10.3. The molecule has 34 heavy (non-hydrogen) atoms. The van der Waals surface area contributed by atoms with Gasteiger partial charge in [0.1, 0.15) is 6.54 Å². The monoisotopic (exact) mass is 501 g/mol. The Morgan fingerprint density at radius 3 is 2.26 bits per heavy atom. The van der Waals surface area contributed by atoms with Crippen molar-refractivity contribution in [2.75, 3.05) is 16.4 Å². The number of hydrogen-bond donors (Lipinski definition) is 4. The second-order valence-electron chi connectivity index (χ2n) is 7.27. The number of carbonyl (C=O) groups excluding carboxylic acids is 3. The zero-order chi connectivity index (χ0) is 24.5. The van der Waals surface area contributed by atoms with Crippen molar-refractivity contribution in [3.05, 3.63) is 71.0 Å². The molecule has 0 radical (unpaired) electrons. The van der Waals surface area contributed by atoms with E-state index < -0.39 is 0 Å². The molecule has 1 aromatic heterocycles. The van der Waals surface area contributed by atoms with Crippen LogP contribution in [0, 0.1) is 0 Å². The van der Waals surface area contributed by atoms with Crippen molar-refractivity contribution in [2.45, 2.75) is 31.8 Å². The lowest BCUT2D eigenvalue weighted by molar-refractivity contribution is -0.122. The molecular formula is C23H24ClN5O4S. The molecule has 0 fully saturated rings. The van der Waals surface area contributed by atoms with Crippen LogP contribution in [0.1, 0.15) is 18.2 Å². The summed E-state index contributed by atoms with van der Waals surface area (Å²) < 4.78 is 1.58. The molecule has 0 bridgehead atoms. The Kier molecular flexibility index (Phi) is 9.08. The summed E-state index contributed by atoms with van der Waals surface area (Å²) in [6.45, 7) is 1.43. The van der Waals surface area contributed by atoms with E-state index in [0.29, 0.717) is 33.8 Å². The molecule has 3 amide bonds. The fourth-order valence-electron chi connectivity index (χ4n) is 2.97. The number of aliphatic hydroxyl groups is 1. The minimum atomic E-state index is -0.287. The Labute approximate surface area is 205 Å². The van der Waals surface area contributed by atoms with Crippen molar-refractivity contribution < 1.29 is 19.5 Å². The van der Waals surface area contributed by atoms with Gasteiger partial charge in [-0.1, -0.05) is 35.5 Å². The van der Waals surface area contributed by atoms with Crippen LogP contribution in [-0.2, 0) is 34.1 Å². The summed E-state index contributed by atoms with van der Waals surface area (Å²) in [5, 5.41) is 18.9. The highest BCUT2D eigenvalue weighted by atomic mass is 35.5. The molecule has 1 heterocycles. The summed E-state index contributed by atoms with van der Waals surface area (Å²) in [6, 6.07) is 13.9. The third-order valence-electron chi connectivity index (χ3n) is 4.59. The minimum absolute atomic E-state index is 0.0436. The summed E-state index contributed by atoms with van der Waals surface area (Å²) in [4.78, 5) is 40.2. The van der Waals surface area contributed by atoms with E-state index in [4.69, 9.17) is 11.6 Å². The third-order valence-corrected chi connectivity index (χ3v) is 5.83. The average molecular weight is 502 g/mol. The number of benzene rings is 2. The normalized spacial score (nSPS) is 10.6. The van der Waals surface area contributed by atoms with Crippen molar-refractivity contribution >= 4 is 52.5 Å². The van der Waals surface area contributed by atoms with Crippen LogP contribution in [0.3, 0.4) is 0 Å².